The van der Waals surface area contributed by atoms with E-state index in [1.54, 1.807) is 0 Å². The molecule has 0 spiro atoms. The van der Waals surface area contributed by atoms with Crippen molar-refractivity contribution in [1.29, 1.82) is 0 Å². The number of fused-ring (bicyclic) bond motifs is 12. The lowest BCUT2D eigenvalue weighted by atomic mass is 9.79. The van der Waals surface area contributed by atoms with Gasteiger partial charge in [-0.05, 0) is 212 Å². The largest absolute Gasteiger partial charge is 0.0763 e. The van der Waals surface area contributed by atoms with Crippen LogP contribution in [0.3, 0.4) is 0 Å². The maximum Gasteiger partial charge on any atom is -0.00139 e. The molecular formula is C72H44. The van der Waals surface area contributed by atoms with Crippen molar-refractivity contribution in [3.05, 3.63) is 241 Å². The second-order valence-corrected chi connectivity index (χ2v) is 20.0. The molecule has 0 aromatic heterocycles. The van der Waals surface area contributed by atoms with E-state index in [9.17, 15) is 0 Å². The Kier molecular flexibility index (Phi) is 8.38. The van der Waals surface area contributed by atoms with Crippen molar-refractivity contribution in [2.75, 3.05) is 0 Å². The zero-order chi connectivity index (χ0) is 47.0. The Bertz CT molecular complexity index is 4830. The lowest BCUT2D eigenvalue weighted by Gasteiger charge is -2.24. The smallest absolute Gasteiger partial charge is 0.00139 e. The van der Waals surface area contributed by atoms with Crippen LogP contribution < -0.4 is 10.4 Å². The Morgan fingerprint density at radius 2 is 0.472 bits per heavy atom. The topological polar surface area (TPSA) is 0 Å². The number of hydrogen-bond acceptors (Lipinski definition) is 0. The van der Waals surface area contributed by atoms with Crippen LogP contribution in [0.4, 0.5) is 0 Å². The van der Waals surface area contributed by atoms with E-state index >= 15 is 0 Å². The third-order valence-corrected chi connectivity index (χ3v) is 16.4. The van der Waals surface area contributed by atoms with Gasteiger partial charge in [0.25, 0.3) is 0 Å². The quantitative estimate of drug-likeness (QED) is 0.154. The van der Waals surface area contributed by atoms with Crippen LogP contribution in [0.2, 0.25) is 0 Å². The van der Waals surface area contributed by atoms with Gasteiger partial charge in [-0.15, -0.1) is 0 Å². The first-order valence-electron chi connectivity index (χ1n) is 25.5. The van der Waals surface area contributed by atoms with Crippen molar-refractivity contribution in [3.63, 3.8) is 0 Å². The van der Waals surface area contributed by atoms with Crippen LogP contribution >= 0.6 is 0 Å². The summed E-state index contributed by atoms with van der Waals surface area (Å²) >= 11 is 0. The highest BCUT2D eigenvalue weighted by molar-refractivity contribution is 6.35. The molecule has 1 aliphatic carbocycles. The number of hydrogen-bond donors (Lipinski definition) is 0. The summed E-state index contributed by atoms with van der Waals surface area (Å²) in [5.74, 6) is 0. The third-order valence-electron chi connectivity index (χ3n) is 16.4. The van der Waals surface area contributed by atoms with Gasteiger partial charge in [-0.25, -0.2) is 0 Å². The van der Waals surface area contributed by atoms with Crippen molar-refractivity contribution >= 4 is 120 Å². The molecule has 0 atom stereocenters. The monoisotopic (exact) mass is 908 g/mol. The Morgan fingerprint density at radius 3 is 0.861 bits per heavy atom. The van der Waals surface area contributed by atoms with Crippen molar-refractivity contribution in [2.24, 2.45) is 0 Å². The van der Waals surface area contributed by atoms with Gasteiger partial charge in [0.1, 0.15) is 0 Å². The van der Waals surface area contributed by atoms with Gasteiger partial charge in [0.15, 0.2) is 0 Å². The van der Waals surface area contributed by atoms with Crippen LogP contribution in [-0.2, 0) is 0 Å². The molecule has 0 saturated heterocycles. The van der Waals surface area contributed by atoms with Crippen LogP contribution in [0, 0.1) is 0 Å². The average molecular weight is 909 g/mol. The lowest BCUT2D eigenvalue weighted by molar-refractivity contribution is 1.12. The van der Waals surface area contributed by atoms with Crippen molar-refractivity contribution in [3.8, 4) is 44.5 Å². The van der Waals surface area contributed by atoms with E-state index in [0.717, 1.165) is 12.8 Å². The molecule has 0 unspecified atom stereocenters. The van der Waals surface area contributed by atoms with Gasteiger partial charge in [0.05, 0.1) is 0 Å². The van der Waals surface area contributed by atoms with Gasteiger partial charge >= 0.3 is 0 Å². The fourth-order valence-electron chi connectivity index (χ4n) is 13.2. The zero-order valence-corrected chi connectivity index (χ0v) is 39.5. The summed E-state index contributed by atoms with van der Waals surface area (Å²) in [6.07, 6.45) is 7.03. The fourth-order valence-corrected chi connectivity index (χ4v) is 13.2. The molecule has 0 N–H and O–H groups in total. The van der Waals surface area contributed by atoms with Gasteiger partial charge in [-0.3, -0.25) is 0 Å². The maximum atomic E-state index is 2.55. The average Bonchev–Trinajstić information content (AvgIpc) is 3.45. The van der Waals surface area contributed by atoms with Crippen molar-refractivity contribution in [1.82, 2.24) is 0 Å². The predicted octanol–water partition coefficient (Wildman–Crippen LogP) is 18.7. The summed E-state index contributed by atoms with van der Waals surface area (Å²) in [5.41, 5.74) is 10.1. The van der Waals surface area contributed by atoms with E-state index in [1.165, 1.54) is 163 Å². The molecule has 1 aliphatic rings. The van der Waals surface area contributed by atoms with Crippen molar-refractivity contribution < 1.29 is 0 Å². The second kappa shape index (κ2) is 15.2. The van der Waals surface area contributed by atoms with Crippen LogP contribution in [-0.4, -0.2) is 0 Å². The minimum Gasteiger partial charge on any atom is -0.0763 e. The predicted molar refractivity (Wildman–Crippen MR) is 312 cm³/mol. The summed E-state index contributed by atoms with van der Waals surface area (Å²) < 4.78 is 0. The minimum absolute atomic E-state index is 1.05. The van der Waals surface area contributed by atoms with Gasteiger partial charge in [0.2, 0.25) is 0 Å². The Hall–Kier alpha value is -9.10. The van der Waals surface area contributed by atoms with Crippen molar-refractivity contribution in [2.45, 2.75) is 12.8 Å². The van der Waals surface area contributed by atoms with E-state index < -0.39 is 0 Å². The molecule has 0 heteroatoms. The number of benzene rings is 15. The molecule has 0 aliphatic heterocycles. The van der Waals surface area contributed by atoms with E-state index in [0.29, 0.717) is 0 Å². The lowest BCUT2D eigenvalue weighted by Crippen LogP contribution is -2.27. The zero-order valence-electron chi connectivity index (χ0n) is 39.5. The molecule has 0 fully saturated rings. The molecule has 16 rings (SSSR count). The molecule has 332 valence electrons. The molecule has 0 bridgehead atoms. The van der Waals surface area contributed by atoms with E-state index in [1.807, 2.05) is 0 Å². The molecule has 15 aromatic rings. The van der Waals surface area contributed by atoms with Gasteiger partial charge < -0.3 is 0 Å². The summed E-state index contributed by atoms with van der Waals surface area (Å²) in [6.45, 7) is 0. The molecule has 0 heterocycles. The highest BCUT2D eigenvalue weighted by atomic mass is 14.3. The fraction of sp³-hybridized carbons (Fsp3) is 0.0278. The maximum absolute atomic E-state index is 2.55. The first-order valence-corrected chi connectivity index (χ1v) is 25.5. The molecular weight excluding hydrogens is 865 g/mol. The normalized spacial score (nSPS) is 12.8. The van der Waals surface area contributed by atoms with Gasteiger partial charge in [-0.2, -0.15) is 0 Å². The van der Waals surface area contributed by atoms with Crippen LogP contribution in [0.15, 0.2) is 231 Å². The Morgan fingerprint density at radius 1 is 0.194 bits per heavy atom. The third kappa shape index (κ3) is 5.64. The van der Waals surface area contributed by atoms with Crippen LogP contribution in [0.1, 0.15) is 12.8 Å². The van der Waals surface area contributed by atoms with E-state index in [-0.39, 0.29) is 0 Å². The molecule has 15 aromatic carbocycles. The number of rotatable bonds is 4. The standard InChI is InChI=1S/C72H44/c1-5-21-47-43(17-1)37-63(55-29-13-9-25-51(47)55)67-41-68(64-38-44-18-2-6-22-48(44)52-26-10-14-30-56(52)64)60-35-36-62-70(66-40-46-20-4-8-24-50(46)54-28-12-16-32-58(54)66)42-69(61-34-33-59(67)71(60)72(61)62)65-39-45-19-3-7-23-49(45)53-27-11-15-31-57(53)65/h1-3,5-7,9-42H,4,8H2. The van der Waals surface area contributed by atoms with E-state index in [4.69, 9.17) is 0 Å². The van der Waals surface area contributed by atoms with Crippen LogP contribution in [0.25, 0.3) is 164 Å². The Labute approximate surface area is 416 Å². The molecule has 0 amide bonds. The minimum atomic E-state index is 1.05. The highest BCUT2D eigenvalue weighted by Crippen LogP contribution is 2.52. The summed E-state index contributed by atoms with van der Waals surface area (Å²) in [6, 6.07) is 87.7. The van der Waals surface area contributed by atoms with Gasteiger partial charge in [0, 0.05) is 0 Å². The summed E-state index contributed by atoms with van der Waals surface area (Å²) in [4.78, 5) is 0. The molecule has 0 saturated carbocycles. The molecule has 72 heavy (non-hydrogen) atoms. The summed E-state index contributed by atoms with van der Waals surface area (Å²) in [7, 11) is 0. The second-order valence-electron chi connectivity index (χ2n) is 20.0. The first-order chi connectivity index (χ1) is 35.7. The Balaban J connectivity index is 1.14. The first kappa shape index (κ1) is 39.7. The molecule has 0 nitrogen and oxygen atoms in total. The molecule has 0 radical (unpaired) electrons. The summed E-state index contributed by atoms with van der Waals surface area (Å²) in [5, 5.41) is 28.2. The SMILES string of the molecule is C1=c2cc(-c3cc(-c4cc5ccccc5c5ccccc45)c4ccc5c(-c6cc7ccccc7c7ccccc67)cc(-c6cc7ccccc7c7ccccc67)c6ccc3c4c65)c3ccccc3c2=CCC1. The highest BCUT2D eigenvalue weighted by Gasteiger charge is 2.25. The van der Waals surface area contributed by atoms with Gasteiger partial charge in [-0.1, -0.05) is 206 Å². The van der Waals surface area contributed by atoms with Crippen LogP contribution in [0.5, 0.6) is 0 Å². The van der Waals surface area contributed by atoms with E-state index in [2.05, 4.69) is 243 Å².